The Morgan fingerprint density at radius 1 is 0.662 bits per heavy atom. The van der Waals surface area contributed by atoms with Crippen molar-refractivity contribution < 1.29 is 40.6 Å². The van der Waals surface area contributed by atoms with Crippen LogP contribution >= 0.6 is 13.5 Å². The SMILES string of the molecule is C.C[C@@H]1CNC(C)(C)C1.Cc1nc(-n2ccc(OCC(C)(C)C)n2)ccc1C(=O)NS(=O)(=O)c1cn(C)nc1C.Cc1nn(C)cc1S(=O)(=O)NC(=O)c1ccc(-n2ccc(OCC(C)(C)C)n2)nc1N1C[C@@H](C)CC1(C)C.S.[F-]. The fourth-order valence-corrected chi connectivity index (χ4v) is 11.4. The number of hydrogen-bond acceptors (Lipinski definition) is 16. The van der Waals surface area contributed by atoms with Crippen LogP contribution in [0.2, 0.25) is 0 Å². The number of rotatable bonds is 13. The van der Waals surface area contributed by atoms with Crippen LogP contribution in [-0.2, 0) is 34.1 Å². The molecule has 2 saturated heterocycles. The number of ether oxygens (including phenoxy) is 2. The Hall–Kier alpha value is -6.38. The molecule has 0 bridgehead atoms. The smallest absolute Gasteiger partial charge is 0.268 e. The van der Waals surface area contributed by atoms with Gasteiger partial charge in [0.25, 0.3) is 31.9 Å². The van der Waals surface area contributed by atoms with Crippen molar-refractivity contribution in [1.82, 2.24) is 63.9 Å². The molecule has 22 nitrogen and oxygen atoms in total. The van der Waals surface area contributed by atoms with Crippen LogP contribution in [0, 0.1) is 43.4 Å². The van der Waals surface area contributed by atoms with E-state index in [2.05, 4.69) is 128 Å². The van der Waals surface area contributed by atoms with Gasteiger partial charge < -0.3 is 24.4 Å². The number of aryl methyl sites for hydroxylation is 5. The van der Waals surface area contributed by atoms with E-state index in [0.29, 0.717) is 77.5 Å². The van der Waals surface area contributed by atoms with E-state index in [1.165, 1.54) is 45.5 Å². The first-order chi connectivity index (χ1) is 35.5. The third kappa shape index (κ3) is 17.8. The number of amides is 2. The normalized spacial score (nSPS) is 16.6. The molecule has 0 spiro atoms. The fourth-order valence-electron chi connectivity index (χ4n) is 9.04. The minimum absolute atomic E-state index is 0. The first-order valence-corrected chi connectivity index (χ1v) is 28.5. The molecule has 3 N–H and O–H groups in total. The Balaban J connectivity index is 0.000000361. The van der Waals surface area contributed by atoms with Gasteiger partial charge in [-0.1, -0.05) is 62.8 Å². The topological polar surface area (TPSA) is 257 Å². The van der Waals surface area contributed by atoms with Crippen LogP contribution in [0.25, 0.3) is 11.6 Å². The molecule has 80 heavy (non-hydrogen) atoms. The monoisotopic (exact) mass is 1170 g/mol. The van der Waals surface area contributed by atoms with E-state index in [4.69, 9.17) is 14.5 Å². The molecule has 26 heteroatoms. The number of sulfonamides is 2. The predicted molar refractivity (Wildman–Crippen MR) is 311 cm³/mol. The number of nitrogens with zero attached hydrogens (tertiary/aromatic N) is 11. The molecule has 0 saturated carbocycles. The second kappa shape index (κ2) is 26.0. The van der Waals surface area contributed by atoms with Gasteiger partial charge in [0.15, 0.2) is 11.6 Å². The summed E-state index contributed by atoms with van der Waals surface area (Å²) < 4.78 is 72.8. The zero-order valence-corrected chi connectivity index (χ0v) is 51.2. The number of carbonyl (C=O) groups is 2. The standard InChI is InChI=1S/C26H37N7O4S.C20H26N6O4S.C7H15N.CH4.FH.H2S/c1-17-13-26(6,7)32(14-17)23-19(24(34)30-38(35,36)20-15-31(8)28-18(20)2)9-10-21(27-23)33-12-11-22(29-33)37-16-25(3,4)5;1-13-15(19(27)24-31(28,29)16-11-25(6)22-14(16)2)7-8-17(21-13)26-10-9-18(23-26)30-12-20(3,4)5;1-6-4-7(2,3)8-5-6;;;/h9-12,15,17H,13-14,16H2,1-8H3,(H,30,34);7-11H,12H2,1-6H3,(H,24,27);6,8H,4-5H2,1-3H3;1H4;1H;1H2/p-1/t17-;;6-;;;/m0.0.../s1. The Bertz CT molecular complexity index is 3320. The first kappa shape index (κ1) is 67.9. The highest BCUT2D eigenvalue weighted by atomic mass is 32.2. The van der Waals surface area contributed by atoms with Crippen LogP contribution in [0.5, 0.6) is 11.8 Å². The Morgan fingerprint density at radius 3 is 1.45 bits per heavy atom. The molecule has 2 aliphatic rings. The van der Waals surface area contributed by atoms with Crippen LogP contribution in [0.4, 0.5) is 5.82 Å². The number of nitrogens with one attached hydrogen (secondary N) is 3. The molecule has 8 rings (SSSR count). The van der Waals surface area contributed by atoms with Crippen LogP contribution < -0.4 is 33.8 Å². The predicted octanol–water partition coefficient (Wildman–Crippen LogP) is 4.79. The van der Waals surface area contributed by atoms with E-state index >= 15 is 0 Å². The van der Waals surface area contributed by atoms with Gasteiger partial charge in [0.05, 0.1) is 41.4 Å². The highest BCUT2D eigenvalue weighted by molar-refractivity contribution is 7.90. The van der Waals surface area contributed by atoms with Gasteiger partial charge in [0, 0.05) is 68.6 Å². The van der Waals surface area contributed by atoms with Crippen LogP contribution in [0.1, 0.15) is 141 Å². The lowest BCUT2D eigenvalue weighted by Crippen LogP contribution is -3.00. The summed E-state index contributed by atoms with van der Waals surface area (Å²) >= 11 is 0. The highest BCUT2D eigenvalue weighted by Crippen LogP contribution is 2.38. The maximum atomic E-state index is 13.4. The summed E-state index contributed by atoms with van der Waals surface area (Å²) in [6, 6.07) is 9.83. The van der Waals surface area contributed by atoms with Crippen molar-refractivity contribution in [1.29, 1.82) is 0 Å². The number of anilines is 1. The molecular formula is C54H84FN14O8S3-. The maximum absolute atomic E-state index is 13.4. The molecule has 2 amide bonds. The van der Waals surface area contributed by atoms with E-state index in [-0.39, 0.29) is 62.9 Å². The number of carbonyl (C=O) groups excluding carboxylic acids is 2. The van der Waals surface area contributed by atoms with Gasteiger partial charge in [-0.2, -0.15) is 23.7 Å². The van der Waals surface area contributed by atoms with Crippen molar-refractivity contribution in [3.05, 3.63) is 89.4 Å². The van der Waals surface area contributed by atoms with Gasteiger partial charge in [-0.05, 0) is 115 Å². The average molecular weight is 1170 g/mol. The minimum Gasteiger partial charge on any atom is -1.00 e. The van der Waals surface area contributed by atoms with Crippen molar-refractivity contribution >= 4 is 51.2 Å². The third-order valence-electron chi connectivity index (χ3n) is 12.4. The number of aromatic nitrogens is 10. The van der Waals surface area contributed by atoms with E-state index in [0.717, 1.165) is 12.3 Å². The Labute approximate surface area is 479 Å². The van der Waals surface area contributed by atoms with Crippen LogP contribution in [0.15, 0.2) is 71.0 Å². The zero-order valence-electron chi connectivity index (χ0n) is 48.6. The highest BCUT2D eigenvalue weighted by Gasteiger charge is 2.40. The zero-order chi connectivity index (χ0) is 57.2. The molecule has 6 aromatic rings. The molecule has 6 aromatic heterocycles. The lowest BCUT2D eigenvalue weighted by molar-refractivity contribution is -0.0000420. The Kier molecular flexibility index (Phi) is 22.1. The summed E-state index contributed by atoms with van der Waals surface area (Å²) in [6.45, 7) is 33.2. The van der Waals surface area contributed by atoms with Gasteiger partial charge in [-0.3, -0.25) is 19.0 Å². The average Bonchev–Trinajstić information content (AvgIpc) is 4.17. The molecule has 0 unspecified atom stereocenters. The van der Waals surface area contributed by atoms with Crippen LogP contribution in [0.3, 0.4) is 0 Å². The molecule has 8 heterocycles. The molecule has 0 aromatic carbocycles. The molecule has 0 aliphatic carbocycles. The van der Waals surface area contributed by atoms with Gasteiger partial charge >= 0.3 is 0 Å². The minimum atomic E-state index is -4.14. The summed E-state index contributed by atoms with van der Waals surface area (Å²) in [4.78, 5) is 37.2. The van der Waals surface area contributed by atoms with Crippen molar-refractivity contribution in [3.63, 3.8) is 0 Å². The molecule has 0 radical (unpaired) electrons. The molecule has 2 atom stereocenters. The molecular weight excluding hydrogens is 1090 g/mol. The molecule has 2 fully saturated rings. The summed E-state index contributed by atoms with van der Waals surface area (Å²) in [7, 11) is -4.96. The van der Waals surface area contributed by atoms with Crippen molar-refractivity contribution in [2.75, 3.05) is 31.2 Å². The maximum Gasteiger partial charge on any atom is 0.268 e. The fraction of sp³-hybridized carbons (Fsp3) is 0.556. The summed E-state index contributed by atoms with van der Waals surface area (Å²) in [6.07, 6.45) is 8.39. The number of halogens is 1. The van der Waals surface area contributed by atoms with Crippen molar-refractivity contribution in [3.8, 4) is 23.4 Å². The van der Waals surface area contributed by atoms with E-state index in [9.17, 15) is 26.4 Å². The van der Waals surface area contributed by atoms with Gasteiger partial charge in [0.2, 0.25) is 11.8 Å². The van der Waals surface area contributed by atoms with E-state index in [1.807, 2.05) is 0 Å². The molecule has 444 valence electrons. The largest absolute Gasteiger partial charge is 1.00 e. The van der Waals surface area contributed by atoms with E-state index in [1.54, 1.807) is 82.3 Å². The first-order valence-electron chi connectivity index (χ1n) is 25.6. The lowest BCUT2D eigenvalue weighted by Gasteiger charge is -2.34. The molecule has 2 aliphatic heterocycles. The van der Waals surface area contributed by atoms with Gasteiger partial charge in [0.1, 0.15) is 15.6 Å². The van der Waals surface area contributed by atoms with Crippen LogP contribution in [-0.4, -0.2) is 115 Å². The lowest BCUT2D eigenvalue weighted by atomic mass is 9.97. The third-order valence-corrected chi connectivity index (χ3v) is 15.3. The van der Waals surface area contributed by atoms with Gasteiger partial charge in [-0.25, -0.2) is 45.6 Å². The second-order valence-corrected chi connectivity index (χ2v) is 27.2. The summed E-state index contributed by atoms with van der Waals surface area (Å²) in [5.41, 5.74) is 1.39. The number of hydrogen-bond donors (Lipinski definition) is 3. The second-order valence-electron chi connectivity index (χ2n) is 23.9. The Morgan fingerprint density at radius 2 is 1.10 bits per heavy atom. The summed E-state index contributed by atoms with van der Waals surface area (Å²) in [5.74, 6) is 2.03. The van der Waals surface area contributed by atoms with Gasteiger partial charge in [-0.15, -0.1) is 10.2 Å². The number of pyridine rings is 2. The van der Waals surface area contributed by atoms with E-state index < -0.39 is 31.9 Å². The summed E-state index contributed by atoms with van der Waals surface area (Å²) in [5, 5.41) is 20.4. The van der Waals surface area contributed by atoms with Crippen molar-refractivity contribution in [2.45, 2.75) is 145 Å². The van der Waals surface area contributed by atoms with Crippen molar-refractivity contribution in [2.24, 2.45) is 36.8 Å². The quantitative estimate of drug-likeness (QED) is 0.141.